The molecule has 1 aromatic carbocycles. The molecule has 7 heteroatoms. The molecule has 23 heavy (non-hydrogen) atoms. The Morgan fingerprint density at radius 1 is 1.35 bits per heavy atom. The normalized spacial score (nSPS) is 24.7. The Labute approximate surface area is 131 Å². The lowest BCUT2D eigenvalue weighted by Gasteiger charge is -2.44. The molecule has 0 atom stereocenters. The van der Waals surface area contributed by atoms with Crippen molar-refractivity contribution in [2.24, 2.45) is 5.92 Å². The van der Waals surface area contributed by atoms with E-state index in [1.54, 1.807) is 13.2 Å². The highest BCUT2D eigenvalue weighted by Gasteiger charge is 2.60. The van der Waals surface area contributed by atoms with Crippen LogP contribution in [0.25, 0.3) is 11.0 Å². The molecule has 2 aromatic rings. The van der Waals surface area contributed by atoms with Crippen LogP contribution >= 0.6 is 0 Å². The van der Waals surface area contributed by atoms with Crippen LogP contribution in [0.4, 0.5) is 13.2 Å². The van der Waals surface area contributed by atoms with Crippen LogP contribution in [0.1, 0.15) is 18.6 Å². The minimum absolute atomic E-state index is 0.175. The molecule has 1 heterocycles. The maximum atomic E-state index is 12.5. The van der Waals surface area contributed by atoms with E-state index in [1.165, 1.54) is 0 Å². The molecule has 0 aliphatic heterocycles. The molecule has 0 bridgehead atoms. The van der Waals surface area contributed by atoms with Gasteiger partial charge in [0.05, 0.1) is 13.7 Å². The molecule has 1 saturated carbocycles. The number of hydrogen-bond acceptors (Lipinski definition) is 4. The van der Waals surface area contributed by atoms with Crippen molar-refractivity contribution in [1.29, 1.82) is 0 Å². The third-order valence-corrected chi connectivity index (χ3v) is 4.29. The smallest absolute Gasteiger partial charge is 0.417 e. The molecular weight excluding hydrogens is 311 g/mol. The van der Waals surface area contributed by atoms with E-state index < -0.39 is 11.8 Å². The van der Waals surface area contributed by atoms with E-state index >= 15 is 0 Å². The average Bonchev–Trinajstić information content (AvgIpc) is 2.85. The van der Waals surface area contributed by atoms with Crippen molar-refractivity contribution in [3.8, 4) is 5.75 Å². The first-order chi connectivity index (χ1) is 10.8. The molecule has 0 spiro atoms. The average molecular weight is 329 g/mol. The maximum absolute atomic E-state index is 12.5. The summed E-state index contributed by atoms with van der Waals surface area (Å²) in [5, 5.41) is 13.4. The van der Waals surface area contributed by atoms with Crippen molar-refractivity contribution in [1.82, 2.24) is 5.32 Å². The van der Waals surface area contributed by atoms with Crippen LogP contribution in [0, 0.1) is 5.92 Å². The van der Waals surface area contributed by atoms with Gasteiger partial charge in [-0.15, -0.1) is 0 Å². The van der Waals surface area contributed by atoms with Crippen molar-refractivity contribution in [2.45, 2.75) is 31.2 Å². The van der Waals surface area contributed by atoms with Gasteiger partial charge in [-0.2, -0.15) is 13.2 Å². The number of nitrogens with one attached hydrogen (secondary N) is 1. The number of furan rings is 1. The molecule has 0 amide bonds. The fraction of sp³-hybridized carbons (Fsp3) is 0.500. The lowest BCUT2D eigenvalue weighted by atomic mass is 9.70. The summed E-state index contributed by atoms with van der Waals surface area (Å²) in [5.41, 5.74) is -1.77. The highest BCUT2D eigenvalue weighted by molar-refractivity contribution is 5.79. The molecule has 1 aromatic heterocycles. The second-order valence-corrected chi connectivity index (χ2v) is 6.05. The number of aliphatic hydroxyl groups is 1. The van der Waals surface area contributed by atoms with Crippen LogP contribution in [0.2, 0.25) is 0 Å². The van der Waals surface area contributed by atoms with Crippen molar-refractivity contribution in [3.05, 3.63) is 30.0 Å². The van der Waals surface area contributed by atoms with E-state index in [9.17, 15) is 18.3 Å². The van der Waals surface area contributed by atoms with E-state index in [0.29, 0.717) is 18.8 Å². The Kier molecular flexibility index (Phi) is 4.01. The predicted octanol–water partition coefficient (Wildman–Crippen LogP) is 3.23. The number of fused-ring (bicyclic) bond motifs is 1. The monoisotopic (exact) mass is 329 g/mol. The standard InChI is InChI=1S/C16H18F3NO3/c1-22-12-2-3-14-11(4-12)5-13(23-14)9-20-8-10-6-15(21,7-10)16(17,18)19/h2-5,10,20-21H,6-9H2,1H3. The maximum Gasteiger partial charge on any atom is 0.417 e. The second kappa shape index (κ2) is 5.72. The minimum Gasteiger partial charge on any atom is -0.497 e. The zero-order valence-electron chi connectivity index (χ0n) is 12.6. The number of hydrogen-bond donors (Lipinski definition) is 2. The van der Waals surface area contributed by atoms with Gasteiger partial charge >= 0.3 is 6.18 Å². The number of halogens is 3. The molecular formula is C16H18F3NO3. The van der Waals surface area contributed by atoms with Crippen LogP contribution < -0.4 is 10.1 Å². The Hall–Kier alpha value is -1.73. The van der Waals surface area contributed by atoms with Gasteiger partial charge in [0.15, 0.2) is 5.60 Å². The van der Waals surface area contributed by atoms with Crippen molar-refractivity contribution in [2.75, 3.05) is 13.7 Å². The summed E-state index contributed by atoms with van der Waals surface area (Å²) in [7, 11) is 1.59. The predicted molar refractivity (Wildman–Crippen MR) is 78.2 cm³/mol. The molecule has 3 rings (SSSR count). The van der Waals surface area contributed by atoms with Crippen molar-refractivity contribution < 1.29 is 27.4 Å². The first-order valence-corrected chi connectivity index (χ1v) is 7.37. The van der Waals surface area contributed by atoms with Crippen molar-refractivity contribution >= 4 is 11.0 Å². The highest BCUT2D eigenvalue weighted by atomic mass is 19.4. The lowest BCUT2D eigenvalue weighted by molar-refractivity contribution is -0.298. The summed E-state index contributed by atoms with van der Waals surface area (Å²) >= 11 is 0. The molecule has 2 N–H and O–H groups in total. The van der Waals surface area contributed by atoms with Crippen LogP contribution in [0.15, 0.2) is 28.7 Å². The zero-order chi connectivity index (χ0) is 16.7. The summed E-state index contributed by atoms with van der Waals surface area (Å²) in [5.74, 6) is 1.27. The van der Waals surface area contributed by atoms with E-state index in [4.69, 9.17) is 9.15 Å². The molecule has 1 fully saturated rings. The third-order valence-electron chi connectivity index (χ3n) is 4.29. The van der Waals surface area contributed by atoms with Crippen LogP contribution in [-0.4, -0.2) is 30.5 Å². The first-order valence-electron chi connectivity index (χ1n) is 7.37. The fourth-order valence-corrected chi connectivity index (χ4v) is 2.96. The molecule has 0 radical (unpaired) electrons. The Morgan fingerprint density at radius 2 is 2.09 bits per heavy atom. The highest BCUT2D eigenvalue weighted by Crippen LogP contribution is 2.48. The molecule has 0 unspecified atom stereocenters. The third kappa shape index (κ3) is 3.16. The number of ether oxygens (including phenoxy) is 1. The van der Waals surface area contributed by atoms with Crippen LogP contribution in [-0.2, 0) is 6.54 Å². The largest absolute Gasteiger partial charge is 0.497 e. The zero-order valence-corrected chi connectivity index (χ0v) is 12.6. The van der Waals surface area contributed by atoms with Gasteiger partial charge in [0, 0.05) is 5.39 Å². The van der Waals surface area contributed by atoms with Gasteiger partial charge in [-0.3, -0.25) is 0 Å². The van der Waals surface area contributed by atoms with Gasteiger partial charge in [0.1, 0.15) is 17.1 Å². The quantitative estimate of drug-likeness (QED) is 0.884. The van der Waals surface area contributed by atoms with E-state index in [-0.39, 0.29) is 18.8 Å². The summed E-state index contributed by atoms with van der Waals surface area (Å²) in [6.07, 6.45) is -5.04. The molecule has 0 saturated heterocycles. The lowest BCUT2D eigenvalue weighted by Crippen LogP contribution is -2.57. The first kappa shape index (κ1) is 16.1. The summed E-state index contributed by atoms with van der Waals surface area (Å²) in [6.45, 7) is 0.844. The van der Waals surface area contributed by atoms with Crippen LogP contribution in [0.3, 0.4) is 0 Å². The van der Waals surface area contributed by atoms with Gasteiger partial charge in [-0.1, -0.05) is 0 Å². The Balaban J connectivity index is 1.50. The molecule has 1 aliphatic rings. The second-order valence-electron chi connectivity index (χ2n) is 6.05. The summed E-state index contributed by atoms with van der Waals surface area (Å²) < 4.78 is 48.4. The van der Waals surface area contributed by atoms with Gasteiger partial charge in [-0.05, 0) is 49.6 Å². The number of methoxy groups -OCH3 is 1. The molecule has 1 aliphatic carbocycles. The minimum atomic E-state index is -4.54. The van der Waals surface area contributed by atoms with E-state index in [0.717, 1.165) is 16.7 Å². The SMILES string of the molecule is COc1ccc2oc(CNCC3CC(O)(C(F)(F)F)C3)cc2c1. The summed E-state index contributed by atoms with van der Waals surface area (Å²) in [6, 6.07) is 7.35. The molecule has 126 valence electrons. The Bertz CT molecular complexity index is 689. The molecule has 4 nitrogen and oxygen atoms in total. The number of benzene rings is 1. The topological polar surface area (TPSA) is 54.6 Å². The van der Waals surface area contributed by atoms with Gasteiger partial charge in [0.2, 0.25) is 0 Å². The van der Waals surface area contributed by atoms with Crippen LogP contribution in [0.5, 0.6) is 5.75 Å². The number of rotatable bonds is 5. The van der Waals surface area contributed by atoms with E-state index in [2.05, 4.69) is 5.32 Å². The van der Waals surface area contributed by atoms with Gasteiger partial charge < -0.3 is 19.6 Å². The van der Waals surface area contributed by atoms with Gasteiger partial charge in [-0.25, -0.2) is 0 Å². The van der Waals surface area contributed by atoms with Gasteiger partial charge in [0.25, 0.3) is 0 Å². The Morgan fingerprint density at radius 3 is 2.74 bits per heavy atom. The fourth-order valence-electron chi connectivity index (χ4n) is 2.96. The summed E-state index contributed by atoms with van der Waals surface area (Å²) in [4.78, 5) is 0. The van der Waals surface area contributed by atoms with Crippen molar-refractivity contribution in [3.63, 3.8) is 0 Å². The van der Waals surface area contributed by atoms with E-state index in [1.807, 2.05) is 18.2 Å². The number of alkyl halides is 3.